The summed E-state index contributed by atoms with van der Waals surface area (Å²) in [5, 5.41) is 21.5. The van der Waals surface area contributed by atoms with Gasteiger partial charge in [-0.05, 0) is 68.1 Å². The van der Waals surface area contributed by atoms with E-state index in [9.17, 15) is 28.3 Å². The number of methoxy groups -OCH3 is 1. The SMILES string of the molecule is COc1ccc2ncc(CN)c([C@H](O)CCC3(C(=O)NO)CCN(CCOc4cc(F)cc(F)c4F)CC3)c2c1. The van der Waals surface area contributed by atoms with Crippen molar-refractivity contribution in [1.29, 1.82) is 0 Å². The molecule has 0 unspecified atom stereocenters. The molecule has 1 saturated heterocycles. The molecular weight excluding hydrogens is 529 g/mol. The Balaban J connectivity index is 1.42. The van der Waals surface area contributed by atoms with E-state index in [1.807, 2.05) is 4.90 Å². The Morgan fingerprint density at radius 3 is 2.65 bits per heavy atom. The van der Waals surface area contributed by atoms with Crippen LogP contribution in [-0.4, -0.2) is 59.5 Å². The van der Waals surface area contributed by atoms with Crippen LogP contribution >= 0.6 is 0 Å². The molecule has 9 nitrogen and oxygen atoms in total. The normalized spacial score (nSPS) is 16.1. The van der Waals surface area contributed by atoms with Gasteiger partial charge in [0.2, 0.25) is 11.7 Å². The summed E-state index contributed by atoms with van der Waals surface area (Å²) in [4.78, 5) is 19.2. The summed E-state index contributed by atoms with van der Waals surface area (Å²) in [5.41, 5.74) is 8.77. The number of piperidine rings is 1. The zero-order valence-electron chi connectivity index (χ0n) is 22.1. The fraction of sp³-hybridized carbons (Fsp3) is 0.429. The highest BCUT2D eigenvalue weighted by Crippen LogP contribution is 2.40. The van der Waals surface area contributed by atoms with Crippen molar-refractivity contribution < 1.29 is 37.8 Å². The van der Waals surface area contributed by atoms with Crippen molar-refractivity contribution in [3.05, 3.63) is 65.1 Å². The Kier molecular flexibility index (Phi) is 9.46. The van der Waals surface area contributed by atoms with E-state index in [1.165, 1.54) is 0 Å². The third-order valence-corrected chi connectivity index (χ3v) is 7.67. The van der Waals surface area contributed by atoms with Crippen LogP contribution in [-0.2, 0) is 11.3 Å². The van der Waals surface area contributed by atoms with Crippen LogP contribution in [0.2, 0.25) is 0 Å². The van der Waals surface area contributed by atoms with Crippen LogP contribution in [0.1, 0.15) is 42.9 Å². The van der Waals surface area contributed by atoms with E-state index in [4.69, 9.17) is 15.2 Å². The lowest BCUT2D eigenvalue weighted by molar-refractivity contribution is -0.144. The Labute approximate surface area is 229 Å². The number of hydrogen-bond donors (Lipinski definition) is 4. The molecule has 0 bridgehead atoms. The number of hydroxylamine groups is 1. The molecule has 2 aromatic carbocycles. The highest BCUT2D eigenvalue weighted by molar-refractivity contribution is 5.85. The van der Waals surface area contributed by atoms with E-state index >= 15 is 0 Å². The van der Waals surface area contributed by atoms with Gasteiger partial charge in [0, 0.05) is 36.8 Å². The topological polar surface area (TPSA) is 130 Å². The third-order valence-electron chi connectivity index (χ3n) is 7.67. The molecule has 12 heteroatoms. The maximum absolute atomic E-state index is 13.8. The zero-order valence-corrected chi connectivity index (χ0v) is 22.1. The lowest BCUT2D eigenvalue weighted by Crippen LogP contribution is -2.49. The highest BCUT2D eigenvalue weighted by atomic mass is 19.2. The molecule has 3 aromatic rings. The van der Waals surface area contributed by atoms with Crippen LogP contribution < -0.4 is 20.7 Å². The largest absolute Gasteiger partial charge is 0.497 e. The van der Waals surface area contributed by atoms with Gasteiger partial charge < -0.3 is 20.3 Å². The lowest BCUT2D eigenvalue weighted by Gasteiger charge is -2.40. The molecule has 1 fully saturated rings. The Morgan fingerprint density at radius 2 is 1.98 bits per heavy atom. The number of aliphatic hydroxyl groups is 1. The minimum Gasteiger partial charge on any atom is -0.497 e. The van der Waals surface area contributed by atoms with Crippen molar-refractivity contribution in [3.63, 3.8) is 0 Å². The molecule has 5 N–H and O–H groups in total. The molecule has 0 aliphatic carbocycles. The van der Waals surface area contributed by atoms with Gasteiger partial charge in [0.25, 0.3) is 0 Å². The van der Waals surface area contributed by atoms with Gasteiger partial charge in [-0.1, -0.05) is 0 Å². The van der Waals surface area contributed by atoms with Crippen molar-refractivity contribution in [2.45, 2.75) is 38.3 Å². The van der Waals surface area contributed by atoms with Crippen LogP contribution in [0.15, 0.2) is 36.5 Å². The second-order valence-electron chi connectivity index (χ2n) is 9.95. The third kappa shape index (κ3) is 6.30. The van der Waals surface area contributed by atoms with E-state index in [0.29, 0.717) is 66.3 Å². The molecule has 1 atom stereocenters. The maximum Gasteiger partial charge on any atom is 0.249 e. The molecule has 0 spiro atoms. The highest BCUT2D eigenvalue weighted by Gasteiger charge is 2.41. The number of carbonyl (C=O) groups excluding carboxylic acids is 1. The van der Waals surface area contributed by atoms with Gasteiger partial charge in [-0.3, -0.25) is 19.9 Å². The number of hydrogen-bond acceptors (Lipinski definition) is 8. The average Bonchev–Trinajstić information content (AvgIpc) is 2.97. The summed E-state index contributed by atoms with van der Waals surface area (Å²) in [5.74, 6) is -3.95. The molecule has 40 heavy (non-hydrogen) atoms. The number of likely N-dealkylation sites (tertiary alicyclic amines) is 1. The molecule has 1 aliphatic rings. The van der Waals surface area contributed by atoms with Gasteiger partial charge in [0.15, 0.2) is 11.6 Å². The number of nitrogens with two attached hydrogens (primary N) is 1. The number of benzene rings is 2. The summed E-state index contributed by atoms with van der Waals surface area (Å²) in [6, 6.07) is 6.60. The number of ether oxygens (including phenoxy) is 2. The zero-order chi connectivity index (χ0) is 28.9. The van der Waals surface area contributed by atoms with Gasteiger partial charge in [-0.15, -0.1) is 0 Å². The summed E-state index contributed by atoms with van der Waals surface area (Å²) < 4.78 is 51.2. The first-order chi connectivity index (χ1) is 19.2. The molecule has 0 radical (unpaired) electrons. The van der Waals surface area contributed by atoms with Crippen molar-refractivity contribution >= 4 is 16.8 Å². The number of rotatable bonds is 11. The van der Waals surface area contributed by atoms with Gasteiger partial charge in [-0.25, -0.2) is 14.3 Å². The van der Waals surface area contributed by atoms with Gasteiger partial charge >= 0.3 is 0 Å². The molecule has 4 rings (SSSR count). The molecule has 0 saturated carbocycles. The van der Waals surface area contributed by atoms with Crippen LogP contribution in [0.5, 0.6) is 11.5 Å². The van der Waals surface area contributed by atoms with Crippen molar-refractivity contribution in [1.82, 2.24) is 15.4 Å². The second-order valence-corrected chi connectivity index (χ2v) is 9.95. The molecule has 216 valence electrons. The molecular formula is C28H33F3N4O5. The second kappa shape index (κ2) is 12.8. The number of halogens is 3. The van der Waals surface area contributed by atoms with Crippen LogP contribution in [0, 0.1) is 22.9 Å². The number of amides is 1. The van der Waals surface area contributed by atoms with Gasteiger partial charge in [0.1, 0.15) is 18.2 Å². The maximum atomic E-state index is 13.8. The first-order valence-electron chi connectivity index (χ1n) is 13.0. The minimum absolute atomic E-state index is 0.0157. The predicted octanol–water partition coefficient (Wildman–Crippen LogP) is 3.60. The van der Waals surface area contributed by atoms with E-state index in [1.54, 1.807) is 37.0 Å². The summed E-state index contributed by atoms with van der Waals surface area (Å²) in [6.45, 7) is 1.39. The van der Waals surface area contributed by atoms with E-state index in [-0.39, 0.29) is 26.0 Å². The number of pyridine rings is 1. The summed E-state index contributed by atoms with van der Waals surface area (Å²) in [7, 11) is 1.55. The van der Waals surface area contributed by atoms with E-state index in [2.05, 4.69) is 4.98 Å². The van der Waals surface area contributed by atoms with E-state index in [0.717, 1.165) is 6.07 Å². The number of fused-ring (bicyclic) bond motifs is 1. The van der Waals surface area contributed by atoms with Crippen molar-refractivity contribution in [2.75, 3.05) is 33.4 Å². The number of nitrogens with one attached hydrogen (secondary N) is 1. The van der Waals surface area contributed by atoms with Gasteiger partial charge in [0.05, 0.1) is 24.1 Å². The number of aromatic nitrogens is 1. The molecule has 1 aromatic heterocycles. The first-order valence-corrected chi connectivity index (χ1v) is 13.0. The lowest BCUT2D eigenvalue weighted by atomic mass is 9.73. The van der Waals surface area contributed by atoms with Crippen molar-refractivity contribution in [2.24, 2.45) is 11.1 Å². The van der Waals surface area contributed by atoms with Crippen molar-refractivity contribution in [3.8, 4) is 11.5 Å². The fourth-order valence-electron chi connectivity index (χ4n) is 5.31. The number of aliphatic hydroxyl groups excluding tert-OH is 1. The Bertz CT molecular complexity index is 1350. The summed E-state index contributed by atoms with van der Waals surface area (Å²) >= 11 is 0. The standard InChI is InChI=1S/C28H33F3N4O5/c1-39-19-2-3-22-20(14-19)25(17(15-32)16-33-22)23(36)4-5-28(27(37)34-38)6-8-35(9-7-28)10-11-40-24-13-18(29)12-21(30)26(24)31/h2-3,12-14,16,23,36,38H,4-11,15,32H2,1H3,(H,34,37)/t23-/m1/s1. The van der Waals surface area contributed by atoms with Crippen LogP contribution in [0.3, 0.4) is 0 Å². The quantitative estimate of drug-likeness (QED) is 0.159. The predicted molar refractivity (Wildman–Crippen MR) is 140 cm³/mol. The fourth-order valence-corrected chi connectivity index (χ4v) is 5.31. The average molecular weight is 563 g/mol. The van der Waals surface area contributed by atoms with Crippen LogP contribution in [0.4, 0.5) is 13.2 Å². The minimum atomic E-state index is -1.33. The number of carbonyl (C=O) groups is 1. The molecule has 2 heterocycles. The molecule has 1 aliphatic heterocycles. The summed E-state index contributed by atoms with van der Waals surface area (Å²) in [6.07, 6.45) is 1.95. The van der Waals surface area contributed by atoms with E-state index < -0.39 is 40.6 Å². The first kappa shape index (κ1) is 29.5. The number of nitrogens with zero attached hydrogens (tertiary/aromatic N) is 2. The smallest absolute Gasteiger partial charge is 0.249 e. The Morgan fingerprint density at radius 1 is 1.23 bits per heavy atom. The molecule has 1 amide bonds. The van der Waals surface area contributed by atoms with Gasteiger partial charge in [-0.2, -0.15) is 4.39 Å². The monoisotopic (exact) mass is 562 g/mol. The Hall–Kier alpha value is -3.45. The van der Waals surface area contributed by atoms with Crippen LogP contribution in [0.25, 0.3) is 10.9 Å².